The molecular formula is C16H12ClF2NO4. The highest BCUT2D eigenvalue weighted by Gasteiger charge is 2.14. The maximum atomic E-state index is 12.2. The van der Waals surface area contributed by atoms with Gasteiger partial charge in [-0.25, -0.2) is 4.79 Å². The number of hydrogen-bond donors (Lipinski definition) is 1. The second kappa shape index (κ2) is 7.74. The summed E-state index contributed by atoms with van der Waals surface area (Å²) in [4.78, 5) is 23.8. The maximum absolute atomic E-state index is 12.2. The van der Waals surface area contributed by atoms with Crippen LogP contribution in [0.3, 0.4) is 0 Å². The maximum Gasteiger partial charge on any atom is 0.387 e. The molecule has 0 aliphatic rings. The molecule has 0 radical (unpaired) electrons. The first-order valence-electron chi connectivity index (χ1n) is 6.65. The lowest BCUT2D eigenvalue weighted by atomic mass is 10.1. The fraction of sp³-hybridized carbons (Fsp3) is 0.125. The van der Waals surface area contributed by atoms with Crippen LogP contribution in [0, 0.1) is 0 Å². The van der Waals surface area contributed by atoms with Crippen molar-refractivity contribution in [1.29, 1.82) is 0 Å². The highest BCUT2D eigenvalue weighted by Crippen LogP contribution is 2.22. The van der Waals surface area contributed by atoms with Crippen molar-refractivity contribution in [2.75, 3.05) is 12.4 Å². The molecule has 2 aromatic carbocycles. The highest BCUT2D eigenvalue weighted by molar-refractivity contribution is 6.33. The molecule has 8 heteroatoms. The van der Waals surface area contributed by atoms with Crippen LogP contribution in [-0.4, -0.2) is 25.6 Å². The van der Waals surface area contributed by atoms with Crippen LogP contribution < -0.4 is 10.1 Å². The van der Waals surface area contributed by atoms with E-state index in [0.717, 1.165) is 0 Å². The molecule has 126 valence electrons. The van der Waals surface area contributed by atoms with Gasteiger partial charge in [-0.15, -0.1) is 0 Å². The largest absolute Gasteiger partial charge is 0.465 e. The number of carbonyl (C=O) groups excluding carboxylic acids is 2. The summed E-state index contributed by atoms with van der Waals surface area (Å²) < 4.78 is 33.3. The van der Waals surface area contributed by atoms with E-state index in [9.17, 15) is 18.4 Å². The molecule has 0 fully saturated rings. The monoisotopic (exact) mass is 355 g/mol. The fourth-order valence-corrected chi connectivity index (χ4v) is 2.08. The second-order valence-electron chi connectivity index (χ2n) is 4.55. The lowest BCUT2D eigenvalue weighted by Crippen LogP contribution is -2.13. The molecule has 1 amide bonds. The molecule has 1 N–H and O–H groups in total. The van der Waals surface area contributed by atoms with Gasteiger partial charge in [0.25, 0.3) is 5.91 Å². The molecule has 0 aliphatic carbocycles. The number of methoxy groups -OCH3 is 1. The number of ether oxygens (including phenoxy) is 2. The third kappa shape index (κ3) is 4.42. The molecule has 0 saturated heterocycles. The van der Waals surface area contributed by atoms with Crippen LogP contribution >= 0.6 is 11.6 Å². The van der Waals surface area contributed by atoms with Crippen LogP contribution in [0.2, 0.25) is 5.02 Å². The van der Waals surface area contributed by atoms with Gasteiger partial charge in [0.2, 0.25) is 0 Å². The molecule has 24 heavy (non-hydrogen) atoms. The normalized spacial score (nSPS) is 10.4. The van der Waals surface area contributed by atoms with Gasteiger partial charge < -0.3 is 14.8 Å². The Morgan fingerprint density at radius 1 is 1.17 bits per heavy atom. The summed E-state index contributed by atoms with van der Waals surface area (Å²) in [6, 6.07) is 9.61. The number of anilines is 1. The molecule has 0 atom stereocenters. The highest BCUT2D eigenvalue weighted by atomic mass is 35.5. The van der Waals surface area contributed by atoms with Crippen molar-refractivity contribution in [2.45, 2.75) is 6.61 Å². The third-order valence-corrected chi connectivity index (χ3v) is 3.28. The second-order valence-corrected chi connectivity index (χ2v) is 4.95. The van der Waals surface area contributed by atoms with Crippen LogP contribution in [0.15, 0.2) is 42.5 Å². The summed E-state index contributed by atoms with van der Waals surface area (Å²) in [6.45, 7) is -2.98. The number of carbonyl (C=O) groups is 2. The summed E-state index contributed by atoms with van der Waals surface area (Å²) in [5, 5.41) is 2.71. The number of benzene rings is 2. The SMILES string of the molecule is COC(=O)c1cc(NC(=O)c2cccc(OC(F)F)c2)ccc1Cl. The molecule has 2 aromatic rings. The van der Waals surface area contributed by atoms with E-state index < -0.39 is 18.5 Å². The van der Waals surface area contributed by atoms with Gasteiger partial charge in [0.1, 0.15) is 5.75 Å². The molecule has 0 aliphatic heterocycles. The zero-order valence-corrected chi connectivity index (χ0v) is 13.1. The van der Waals surface area contributed by atoms with E-state index in [1.54, 1.807) is 0 Å². The molecule has 0 bridgehead atoms. The predicted molar refractivity (Wildman–Crippen MR) is 83.8 cm³/mol. The van der Waals surface area contributed by atoms with Crippen LogP contribution in [0.4, 0.5) is 14.5 Å². The molecule has 0 spiro atoms. The summed E-state index contributed by atoms with van der Waals surface area (Å²) in [6.07, 6.45) is 0. The van der Waals surface area contributed by atoms with Crippen molar-refractivity contribution in [2.24, 2.45) is 0 Å². The number of halogens is 3. The molecule has 5 nitrogen and oxygen atoms in total. The van der Waals surface area contributed by atoms with Crippen LogP contribution in [0.1, 0.15) is 20.7 Å². The Balaban J connectivity index is 2.19. The number of rotatable bonds is 5. The molecular weight excluding hydrogens is 344 g/mol. The first kappa shape index (κ1) is 17.7. The van der Waals surface area contributed by atoms with E-state index in [1.807, 2.05) is 0 Å². The average Bonchev–Trinajstić information content (AvgIpc) is 2.55. The van der Waals surface area contributed by atoms with Gasteiger partial charge in [-0.3, -0.25) is 4.79 Å². The van der Waals surface area contributed by atoms with Crippen LogP contribution in [0.5, 0.6) is 5.75 Å². The first-order valence-corrected chi connectivity index (χ1v) is 7.02. The number of hydrogen-bond acceptors (Lipinski definition) is 4. The lowest BCUT2D eigenvalue weighted by molar-refractivity contribution is -0.0498. The molecule has 2 rings (SSSR count). The standard InChI is InChI=1S/C16H12ClF2NO4/c1-23-15(22)12-8-10(5-6-13(12)17)20-14(21)9-3-2-4-11(7-9)24-16(18)19/h2-8,16H,1H3,(H,20,21). The van der Waals surface area contributed by atoms with Gasteiger partial charge in [-0.05, 0) is 36.4 Å². The summed E-state index contributed by atoms with van der Waals surface area (Å²) in [7, 11) is 1.21. The van der Waals surface area contributed by atoms with Gasteiger partial charge in [0, 0.05) is 11.3 Å². The third-order valence-electron chi connectivity index (χ3n) is 2.95. The topological polar surface area (TPSA) is 64.6 Å². The van der Waals surface area contributed by atoms with Crippen molar-refractivity contribution < 1.29 is 27.8 Å². The number of esters is 1. The minimum Gasteiger partial charge on any atom is -0.465 e. The minimum atomic E-state index is -2.98. The number of nitrogens with one attached hydrogen (secondary N) is 1. The Labute approximate surface area is 141 Å². The molecule has 0 unspecified atom stereocenters. The Hall–Kier alpha value is -2.67. The summed E-state index contributed by atoms with van der Waals surface area (Å²) in [5.41, 5.74) is 0.499. The Morgan fingerprint density at radius 3 is 2.58 bits per heavy atom. The van der Waals surface area contributed by atoms with Gasteiger partial charge in [-0.2, -0.15) is 8.78 Å². The summed E-state index contributed by atoms with van der Waals surface area (Å²) >= 11 is 5.89. The van der Waals surface area contributed by atoms with Crippen LogP contribution in [0.25, 0.3) is 0 Å². The van der Waals surface area contributed by atoms with Crippen molar-refractivity contribution >= 4 is 29.2 Å². The van der Waals surface area contributed by atoms with Crippen LogP contribution in [-0.2, 0) is 4.74 Å². The van der Waals surface area contributed by atoms with Crippen molar-refractivity contribution in [3.05, 3.63) is 58.6 Å². The fourth-order valence-electron chi connectivity index (χ4n) is 1.89. The molecule has 0 heterocycles. The molecule has 0 saturated carbocycles. The van der Waals surface area contributed by atoms with Gasteiger partial charge in [0.05, 0.1) is 17.7 Å². The van der Waals surface area contributed by atoms with E-state index in [-0.39, 0.29) is 21.9 Å². The quantitative estimate of drug-likeness (QED) is 0.824. The Morgan fingerprint density at radius 2 is 1.92 bits per heavy atom. The van der Waals surface area contributed by atoms with Crippen molar-refractivity contribution in [3.8, 4) is 5.75 Å². The van der Waals surface area contributed by atoms with Gasteiger partial charge >= 0.3 is 12.6 Å². The van der Waals surface area contributed by atoms with E-state index >= 15 is 0 Å². The van der Waals surface area contributed by atoms with E-state index in [1.165, 1.54) is 49.6 Å². The van der Waals surface area contributed by atoms with E-state index in [2.05, 4.69) is 14.8 Å². The van der Waals surface area contributed by atoms with Gasteiger partial charge in [-0.1, -0.05) is 17.7 Å². The number of alkyl halides is 2. The minimum absolute atomic E-state index is 0.0896. The lowest BCUT2D eigenvalue weighted by Gasteiger charge is -2.09. The zero-order chi connectivity index (χ0) is 17.7. The van der Waals surface area contributed by atoms with Crippen molar-refractivity contribution in [1.82, 2.24) is 0 Å². The Bertz CT molecular complexity index is 767. The predicted octanol–water partition coefficient (Wildman–Crippen LogP) is 3.98. The summed E-state index contributed by atoms with van der Waals surface area (Å²) in [5.74, 6) is -1.35. The average molecular weight is 356 g/mol. The van der Waals surface area contributed by atoms with E-state index in [4.69, 9.17) is 11.6 Å². The Kier molecular flexibility index (Phi) is 5.70. The zero-order valence-electron chi connectivity index (χ0n) is 12.4. The van der Waals surface area contributed by atoms with E-state index in [0.29, 0.717) is 5.69 Å². The smallest absolute Gasteiger partial charge is 0.387 e. The molecule has 0 aromatic heterocycles. The number of amides is 1. The van der Waals surface area contributed by atoms with Crippen molar-refractivity contribution in [3.63, 3.8) is 0 Å². The van der Waals surface area contributed by atoms with Gasteiger partial charge in [0.15, 0.2) is 0 Å². The first-order chi connectivity index (χ1) is 11.4.